The molecule has 0 bridgehead atoms. The third kappa shape index (κ3) is 4.76. The lowest BCUT2D eigenvalue weighted by Gasteiger charge is -2.16. The zero-order valence-corrected chi connectivity index (χ0v) is 17.6. The molecule has 11 heteroatoms. The predicted molar refractivity (Wildman–Crippen MR) is 111 cm³/mol. The van der Waals surface area contributed by atoms with Crippen LogP contribution in [0.15, 0.2) is 24.5 Å². The predicted octanol–water partition coefficient (Wildman–Crippen LogP) is 3.06. The Morgan fingerprint density at radius 2 is 2.23 bits per heavy atom. The van der Waals surface area contributed by atoms with Gasteiger partial charge in [0.05, 0.1) is 12.3 Å². The summed E-state index contributed by atoms with van der Waals surface area (Å²) in [7, 11) is 1.62. The van der Waals surface area contributed by atoms with E-state index in [4.69, 9.17) is 9.47 Å². The zero-order valence-electron chi connectivity index (χ0n) is 17.6. The van der Waals surface area contributed by atoms with Crippen molar-refractivity contribution < 1.29 is 18.7 Å². The summed E-state index contributed by atoms with van der Waals surface area (Å²) in [5, 5.41) is 17.5. The van der Waals surface area contributed by atoms with Crippen LogP contribution in [0.5, 0.6) is 0 Å². The van der Waals surface area contributed by atoms with Crippen molar-refractivity contribution >= 4 is 23.2 Å². The van der Waals surface area contributed by atoms with Gasteiger partial charge in [-0.25, -0.2) is 18.7 Å². The van der Waals surface area contributed by atoms with Crippen molar-refractivity contribution in [2.75, 3.05) is 12.4 Å². The average molecular weight is 431 g/mol. The number of amides is 1. The molecule has 3 heterocycles. The number of aromatic amines is 1. The maximum absolute atomic E-state index is 14.4. The minimum Gasteiger partial charge on any atom is -0.443 e. The minimum atomic E-state index is -1.22. The summed E-state index contributed by atoms with van der Waals surface area (Å²) in [4.78, 5) is 16.2. The van der Waals surface area contributed by atoms with E-state index in [9.17, 15) is 9.18 Å². The zero-order chi connectivity index (χ0) is 22.0. The van der Waals surface area contributed by atoms with Crippen molar-refractivity contribution in [1.82, 2.24) is 30.1 Å². The number of nitrogens with one attached hydrogen (secondary N) is 3. The molecule has 0 saturated heterocycles. The van der Waals surface area contributed by atoms with Crippen molar-refractivity contribution in [3.8, 4) is 0 Å². The average Bonchev–Trinajstić information content (AvgIpc) is 3.41. The van der Waals surface area contributed by atoms with Crippen LogP contribution in [0.1, 0.15) is 44.0 Å². The van der Waals surface area contributed by atoms with Gasteiger partial charge in [0.2, 0.25) is 0 Å². The van der Waals surface area contributed by atoms with Crippen LogP contribution in [0, 0.1) is 0 Å². The molecule has 1 aliphatic carbocycles. The first-order valence-electron chi connectivity index (χ1n) is 10.2. The molecule has 10 nitrogen and oxygen atoms in total. The van der Waals surface area contributed by atoms with E-state index in [1.165, 1.54) is 0 Å². The van der Waals surface area contributed by atoms with E-state index in [-0.39, 0.29) is 18.4 Å². The van der Waals surface area contributed by atoms with Crippen molar-refractivity contribution in [3.63, 3.8) is 0 Å². The van der Waals surface area contributed by atoms with Gasteiger partial charge in [-0.05, 0) is 32.8 Å². The summed E-state index contributed by atoms with van der Waals surface area (Å²) in [6.45, 7) is 4.04. The molecule has 0 unspecified atom stereocenters. The number of fused-ring (bicyclic) bond motifs is 1. The molecule has 1 saturated carbocycles. The van der Waals surface area contributed by atoms with Crippen LogP contribution in [0.4, 0.5) is 20.8 Å². The second kappa shape index (κ2) is 8.88. The van der Waals surface area contributed by atoms with Crippen LogP contribution in [0.2, 0.25) is 0 Å². The van der Waals surface area contributed by atoms with Crippen LogP contribution in [0.3, 0.4) is 0 Å². The van der Waals surface area contributed by atoms with Gasteiger partial charge in [-0.2, -0.15) is 10.2 Å². The molecular weight excluding hydrogens is 405 g/mol. The molecule has 1 aliphatic rings. The molecule has 3 aromatic rings. The number of aromatic nitrogens is 5. The largest absolute Gasteiger partial charge is 0.443 e. The number of halogens is 1. The van der Waals surface area contributed by atoms with Gasteiger partial charge in [0.15, 0.2) is 11.6 Å². The number of alkyl carbamates (subject to hydrolysis) is 1. The van der Waals surface area contributed by atoms with Crippen molar-refractivity contribution in [2.24, 2.45) is 0 Å². The number of nitrogens with zero attached hydrogens (tertiary/aromatic N) is 4. The number of ether oxygens (including phenoxy) is 2. The van der Waals surface area contributed by atoms with E-state index in [2.05, 4.69) is 30.9 Å². The second-order valence-corrected chi connectivity index (χ2v) is 7.93. The van der Waals surface area contributed by atoms with Crippen molar-refractivity contribution in [2.45, 2.75) is 57.5 Å². The molecular formula is C20H26FN7O3. The molecule has 3 atom stereocenters. The molecule has 31 heavy (non-hydrogen) atoms. The van der Waals surface area contributed by atoms with Gasteiger partial charge in [0.25, 0.3) is 0 Å². The Morgan fingerprint density at radius 3 is 3.00 bits per heavy atom. The maximum Gasteiger partial charge on any atom is 0.407 e. The summed E-state index contributed by atoms with van der Waals surface area (Å²) in [5.41, 5.74) is 2.35. The first-order valence-corrected chi connectivity index (χ1v) is 10.2. The van der Waals surface area contributed by atoms with E-state index in [0.29, 0.717) is 24.7 Å². The van der Waals surface area contributed by atoms with Gasteiger partial charge < -0.3 is 20.1 Å². The highest BCUT2D eigenvalue weighted by molar-refractivity contribution is 5.72. The highest BCUT2D eigenvalue weighted by Gasteiger charge is 2.38. The van der Waals surface area contributed by atoms with E-state index in [0.717, 1.165) is 16.9 Å². The van der Waals surface area contributed by atoms with Gasteiger partial charge in [0.1, 0.15) is 17.8 Å². The number of rotatable bonds is 7. The number of anilines is 2. The van der Waals surface area contributed by atoms with Crippen molar-refractivity contribution in [3.05, 3.63) is 35.9 Å². The molecule has 3 N–H and O–H groups in total. The number of hydrogen-bond donors (Lipinski definition) is 3. The summed E-state index contributed by atoms with van der Waals surface area (Å²) >= 11 is 0. The lowest BCUT2D eigenvalue weighted by molar-refractivity contribution is 0.0593. The Labute approximate surface area is 178 Å². The molecule has 1 amide bonds. The van der Waals surface area contributed by atoms with E-state index in [1.807, 2.05) is 26.0 Å². The van der Waals surface area contributed by atoms with Gasteiger partial charge in [-0.15, -0.1) is 0 Å². The van der Waals surface area contributed by atoms with Crippen LogP contribution in [-0.4, -0.2) is 56.3 Å². The molecule has 4 rings (SSSR count). The van der Waals surface area contributed by atoms with E-state index >= 15 is 0 Å². The van der Waals surface area contributed by atoms with Gasteiger partial charge in [-0.3, -0.25) is 5.10 Å². The fourth-order valence-corrected chi connectivity index (χ4v) is 3.75. The fraction of sp³-hybridized carbons (Fsp3) is 0.500. The fourth-order valence-electron chi connectivity index (χ4n) is 3.75. The summed E-state index contributed by atoms with van der Waals surface area (Å²) in [6.07, 6.45) is 1.47. The highest BCUT2D eigenvalue weighted by atomic mass is 19.1. The molecule has 0 aliphatic heterocycles. The quantitative estimate of drug-likeness (QED) is 0.526. The standard InChI is InChI=1S/C20H26FN7O3/c1-11(2)23-20(29)31-17-7-12(6-14(17)21)15-9-18(26-25-15)24-19-16-8-13(10-30-3)27-28(16)5-4-22-19/h4-5,8-9,11-12,14,17H,6-7,10H2,1-3H3,(H,23,29)(H2,22,24,25,26)/t12-,14+,17-/m1/s1. The minimum absolute atomic E-state index is 0.0663. The van der Waals surface area contributed by atoms with Crippen LogP contribution < -0.4 is 10.6 Å². The van der Waals surface area contributed by atoms with Crippen molar-refractivity contribution in [1.29, 1.82) is 0 Å². The Kier molecular flexibility index (Phi) is 6.03. The summed E-state index contributed by atoms with van der Waals surface area (Å²) in [6, 6.07) is 3.65. The lowest BCUT2D eigenvalue weighted by Crippen LogP contribution is -2.35. The second-order valence-electron chi connectivity index (χ2n) is 7.93. The number of carbonyl (C=O) groups excluding carboxylic acids is 1. The van der Waals surface area contributed by atoms with E-state index in [1.54, 1.807) is 24.0 Å². The monoisotopic (exact) mass is 431 g/mol. The lowest BCUT2D eigenvalue weighted by atomic mass is 10.0. The molecule has 3 aromatic heterocycles. The van der Waals surface area contributed by atoms with E-state index < -0.39 is 18.4 Å². The Hall–Kier alpha value is -3.21. The van der Waals surface area contributed by atoms with Gasteiger partial charge in [-0.1, -0.05) is 0 Å². The van der Waals surface area contributed by atoms with Gasteiger partial charge in [0, 0.05) is 43.2 Å². The number of hydrogen-bond acceptors (Lipinski definition) is 7. The molecule has 0 radical (unpaired) electrons. The van der Waals surface area contributed by atoms with Gasteiger partial charge >= 0.3 is 6.09 Å². The van der Waals surface area contributed by atoms with Crippen LogP contribution in [0.25, 0.3) is 5.52 Å². The number of alkyl halides is 1. The number of methoxy groups -OCH3 is 1. The normalized spacial score (nSPS) is 21.0. The highest BCUT2D eigenvalue weighted by Crippen LogP contribution is 2.38. The van der Waals surface area contributed by atoms with Crippen LogP contribution in [-0.2, 0) is 16.1 Å². The Balaban J connectivity index is 1.43. The Bertz CT molecular complexity index is 1050. The molecule has 166 valence electrons. The topological polar surface area (TPSA) is 118 Å². The third-order valence-electron chi connectivity index (χ3n) is 5.11. The first-order chi connectivity index (χ1) is 14.9. The smallest absolute Gasteiger partial charge is 0.407 e. The summed E-state index contributed by atoms with van der Waals surface area (Å²) in [5.74, 6) is 1.03. The maximum atomic E-state index is 14.4. The summed E-state index contributed by atoms with van der Waals surface area (Å²) < 4.78 is 26.5. The molecule has 0 spiro atoms. The number of H-pyrrole nitrogens is 1. The SMILES string of the molecule is COCc1cc2c(Nc3cc([C@@H]4C[C@H](F)[C@H](OC(=O)NC(C)C)C4)[nH]n3)nccn2n1. The Morgan fingerprint density at radius 1 is 1.39 bits per heavy atom. The van der Waals surface area contributed by atoms with Crippen LogP contribution >= 0.6 is 0 Å². The number of carbonyl (C=O) groups is 1. The molecule has 1 fully saturated rings. The molecule has 0 aromatic carbocycles. The third-order valence-corrected chi connectivity index (χ3v) is 5.11. The first kappa shape index (κ1) is 21.0.